The van der Waals surface area contributed by atoms with Crippen LogP contribution in [-0.4, -0.2) is 16.5 Å². The number of fused-ring (bicyclic) bond motifs is 1. The molecule has 0 fully saturated rings. The van der Waals surface area contributed by atoms with E-state index in [0.29, 0.717) is 30.1 Å². The second kappa shape index (κ2) is 5.04. The van der Waals surface area contributed by atoms with Gasteiger partial charge in [-0.25, -0.2) is 0 Å². The summed E-state index contributed by atoms with van der Waals surface area (Å²) in [5.74, 6) is 0.865. The zero-order chi connectivity index (χ0) is 13.9. The highest BCUT2D eigenvalue weighted by Gasteiger charge is 2.11. The third-order valence-corrected chi connectivity index (χ3v) is 2.81. The molecule has 2 aromatic heterocycles. The zero-order valence-electron chi connectivity index (χ0n) is 10.4. The first-order valence-electron chi connectivity index (χ1n) is 6.03. The number of benzene rings is 1. The lowest BCUT2D eigenvalue weighted by Gasteiger charge is -1.98. The van der Waals surface area contributed by atoms with Gasteiger partial charge in [-0.05, 0) is 18.2 Å². The van der Waals surface area contributed by atoms with Crippen molar-refractivity contribution in [2.75, 3.05) is 11.9 Å². The van der Waals surface area contributed by atoms with Crippen LogP contribution in [0.25, 0.3) is 11.1 Å². The van der Waals surface area contributed by atoms with E-state index in [1.165, 1.54) is 18.2 Å². The number of nitro groups is 1. The van der Waals surface area contributed by atoms with Crippen molar-refractivity contribution in [1.29, 1.82) is 0 Å². The van der Waals surface area contributed by atoms with E-state index < -0.39 is 4.92 Å². The molecule has 0 saturated heterocycles. The van der Waals surface area contributed by atoms with Gasteiger partial charge >= 0.3 is 0 Å². The number of non-ortho nitro benzene ring substituents is 1. The van der Waals surface area contributed by atoms with E-state index in [0.717, 1.165) is 5.76 Å². The highest BCUT2D eigenvalue weighted by molar-refractivity contribution is 5.77. The molecule has 0 saturated carbocycles. The first-order valence-corrected chi connectivity index (χ1v) is 6.03. The lowest BCUT2D eigenvalue weighted by Crippen LogP contribution is -2.04. The fraction of sp³-hybridized carbons (Fsp3) is 0.154. The second-order valence-electron chi connectivity index (χ2n) is 4.18. The van der Waals surface area contributed by atoms with Crippen LogP contribution in [0, 0.1) is 10.1 Å². The lowest BCUT2D eigenvalue weighted by molar-refractivity contribution is -0.384. The van der Waals surface area contributed by atoms with Crippen LogP contribution in [0.5, 0.6) is 0 Å². The first-order chi connectivity index (χ1) is 9.72. The Morgan fingerprint density at radius 1 is 1.35 bits per heavy atom. The predicted molar refractivity (Wildman–Crippen MR) is 71.6 cm³/mol. The molecule has 0 aliphatic rings. The third kappa shape index (κ3) is 2.46. The van der Waals surface area contributed by atoms with Crippen molar-refractivity contribution in [2.45, 2.75) is 6.42 Å². The summed E-state index contributed by atoms with van der Waals surface area (Å²) < 4.78 is 10.7. The van der Waals surface area contributed by atoms with E-state index in [4.69, 9.17) is 8.83 Å². The molecule has 0 radical (unpaired) electrons. The van der Waals surface area contributed by atoms with Crippen LogP contribution in [0.15, 0.2) is 45.4 Å². The molecule has 7 heteroatoms. The van der Waals surface area contributed by atoms with E-state index >= 15 is 0 Å². The van der Waals surface area contributed by atoms with Crippen LogP contribution in [-0.2, 0) is 6.42 Å². The van der Waals surface area contributed by atoms with Gasteiger partial charge in [0.05, 0.1) is 11.2 Å². The number of nitrogens with one attached hydrogen (secondary N) is 1. The van der Waals surface area contributed by atoms with Crippen LogP contribution in [0.2, 0.25) is 0 Å². The average molecular weight is 273 g/mol. The Bertz CT molecular complexity index is 733. The number of oxazole rings is 1. The molecule has 0 unspecified atom stereocenters. The number of aromatic nitrogens is 1. The normalized spacial score (nSPS) is 10.8. The highest BCUT2D eigenvalue weighted by atomic mass is 16.6. The quantitative estimate of drug-likeness (QED) is 0.567. The van der Waals surface area contributed by atoms with Gasteiger partial charge in [0.2, 0.25) is 0 Å². The molecule has 102 valence electrons. The molecule has 0 spiro atoms. The molecule has 7 nitrogen and oxygen atoms in total. The van der Waals surface area contributed by atoms with Crippen LogP contribution in [0.3, 0.4) is 0 Å². The number of hydrogen-bond acceptors (Lipinski definition) is 6. The fourth-order valence-corrected chi connectivity index (χ4v) is 1.85. The number of nitro benzene ring substituents is 1. The molecule has 2 heterocycles. The number of furan rings is 1. The minimum absolute atomic E-state index is 0.00654. The van der Waals surface area contributed by atoms with Crippen LogP contribution < -0.4 is 5.32 Å². The molecule has 1 N–H and O–H groups in total. The molecule has 20 heavy (non-hydrogen) atoms. The van der Waals surface area contributed by atoms with Crippen molar-refractivity contribution in [1.82, 2.24) is 4.98 Å². The smallest absolute Gasteiger partial charge is 0.295 e. The molecule has 0 aliphatic heterocycles. The molecule has 1 aromatic carbocycles. The van der Waals surface area contributed by atoms with Gasteiger partial charge < -0.3 is 14.2 Å². The SMILES string of the molecule is O=[N+]([O-])c1ccc2oc(NCCc3ccco3)nc2c1. The maximum atomic E-state index is 10.7. The number of nitrogens with zero attached hydrogens (tertiary/aromatic N) is 2. The molecular weight excluding hydrogens is 262 g/mol. The van der Waals surface area contributed by atoms with E-state index in [1.807, 2.05) is 12.1 Å². The Morgan fingerprint density at radius 3 is 3.00 bits per heavy atom. The van der Waals surface area contributed by atoms with Crippen molar-refractivity contribution in [3.8, 4) is 0 Å². The lowest BCUT2D eigenvalue weighted by atomic mass is 10.3. The molecular formula is C13H11N3O4. The van der Waals surface area contributed by atoms with E-state index in [1.54, 1.807) is 6.26 Å². The molecule has 0 amide bonds. The maximum Gasteiger partial charge on any atom is 0.295 e. The van der Waals surface area contributed by atoms with Gasteiger partial charge in [-0.1, -0.05) is 0 Å². The van der Waals surface area contributed by atoms with Gasteiger partial charge in [0.15, 0.2) is 5.58 Å². The Hall–Kier alpha value is -2.83. The Kier molecular flexibility index (Phi) is 3.08. The van der Waals surface area contributed by atoms with Gasteiger partial charge in [0.1, 0.15) is 11.3 Å². The molecule has 3 rings (SSSR count). The topological polar surface area (TPSA) is 94.3 Å². The molecule has 0 atom stereocenters. The average Bonchev–Trinajstić information content (AvgIpc) is 3.06. The van der Waals surface area contributed by atoms with Gasteiger partial charge in [0.25, 0.3) is 11.7 Å². The minimum Gasteiger partial charge on any atom is -0.469 e. The highest BCUT2D eigenvalue weighted by Crippen LogP contribution is 2.23. The summed E-state index contributed by atoms with van der Waals surface area (Å²) in [5, 5.41) is 13.7. The van der Waals surface area contributed by atoms with Gasteiger partial charge in [-0.15, -0.1) is 0 Å². The van der Waals surface area contributed by atoms with Gasteiger partial charge in [0, 0.05) is 25.1 Å². The number of rotatable bonds is 5. The third-order valence-electron chi connectivity index (χ3n) is 2.81. The van der Waals surface area contributed by atoms with E-state index in [-0.39, 0.29) is 5.69 Å². The predicted octanol–water partition coefficient (Wildman–Crippen LogP) is 2.98. The zero-order valence-corrected chi connectivity index (χ0v) is 10.4. The van der Waals surface area contributed by atoms with Gasteiger partial charge in [-0.3, -0.25) is 10.1 Å². The number of anilines is 1. The summed E-state index contributed by atoms with van der Waals surface area (Å²) in [6.45, 7) is 0.600. The molecule has 3 aromatic rings. The van der Waals surface area contributed by atoms with Crippen molar-refractivity contribution in [3.63, 3.8) is 0 Å². The summed E-state index contributed by atoms with van der Waals surface area (Å²) in [4.78, 5) is 14.4. The van der Waals surface area contributed by atoms with Crippen molar-refractivity contribution in [3.05, 3.63) is 52.5 Å². The van der Waals surface area contributed by atoms with Crippen LogP contribution in [0.4, 0.5) is 11.7 Å². The Balaban J connectivity index is 1.70. The minimum atomic E-state index is -0.460. The monoisotopic (exact) mass is 273 g/mol. The van der Waals surface area contributed by atoms with Gasteiger partial charge in [-0.2, -0.15) is 4.98 Å². The number of hydrogen-bond donors (Lipinski definition) is 1. The summed E-state index contributed by atoms with van der Waals surface area (Å²) in [7, 11) is 0. The standard InChI is InChI=1S/C13H11N3O4/c17-16(18)9-3-4-12-11(8-9)15-13(20-12)14-6-5-10-2-1-7-19-10/h1-4,7-8H,5-6H2,(H,14,15). The fourth-order valence-electron chi connectivity index (χ4n) is 1.85. The summed E-state index contributed by atoms with van der Waals surface area (Å²) in [6, 6.07) is 8.37. The van der Waals surface area contributed by atoms with Crippen molar-refractivity contribution >= 4 is 22.8 Å². The summed E-state index contributed by atoms with van der Waals surface area (Å²) in [6.07, 6.45) is 2.32. The van der Waals surface area contributed by atoms with Crippen LogP contribution in [0.1, 0.15) is 5.76 Å². The molecule has 0 bridgehead atoms. The summed E-state index contributed by atoms with van der Waals surface area (Å²) in [5.41, 5.74) is 0.962. The van der Waals surface area contributed by atoms with Crippen molar-refractivity contribution in [2.24, 2.45) is 0 Å². The molecule has 0 aliphatic carbocycles. The second-order valence-corrected chi connectivity index (χ2v) is 4.18. The Morgan fingerprint density at radius 2 is 2.25 bits per heavy atom. The van der Waals surface area contributed by atoms with E-state index in [9.17, 15) is 10.1 Å². The Labute approximate surface area is 113 Å². The van der Waals surface area contributed by atoms with Crippen LogP contribution >= 0.6 is 0 Å². The van der Waals surface area contributed by atoms with E-state index in [2.05, 4.69) is 10.3 Å². The summed E-state index contributed by atoms with van der Waals surface area (Å²) >= 11 is 0. The largest absolute Gasteiger partial charge is 0.469 e. The first kappa shape index (κ1) is 12.2. The maximum absolute atomic E-state index is 10.7. The van der Waals surface area contributed by atoms with Crippen molar-refractivity contribution < 1.29 is 13.8 Å².